The van der Waals surface area contributed by atoms with E-state index in [4.69, 9.17) is 0 Å². The van der Waals surface area contributed by atoms with Crippen LogP contribution in [0, 0.1) is 17.8 Å². The Hall–Kier alpha value is -1.25. The Morgan fingerprint density at radius 2 is 1.80 bits per heavy atom. The fourth-order valence-electron chi connectivity index (χ4n) is 5.36. The van der Waals surface area contributed by atoms with Crippen molar-refractivity contribution in [1.82, 2.24) is 4.98 Å². The summed E-state index contributed by atoms with van der Waals surface area (Å²) < 4.78 is 0. The molecule has 4 aliphatic rings. The van der Waals surface area contributed by atoms with Crippen LogP contribution in [0.5, 0.6) is 0 Å². The second-order valence-electron chi connectivity index (χ2n) is 7.28. The van der Waals surface area contributed by atoms with E-state index in [1.54, 1.807) is 0 Å². The quantitative estimate of drug-likeness (QED) is 0.872. The Kier molecular flexibility index (Phi) is 2.90. The lowest BCUT2D eigenvalue weighted by Crippen LogP contribution is -2.54. The molecule has 0 spiro atoms. The second kappa shape index (κ2) is 4.64. The van der Waals surface area contributed by atoms with Crippen LogP contribution in [0.1, 0.15) is 45.4 Å². The Labute approximate surface area is 121 Å². The van der Waals surface area contributed by atoms with Gasteiger partial charge in [-0.2, -0.15) is 0 Å². The molecule has 0 unspecified atom stereocenters. The van der Waals surface area contributed by atoms with Gasteiger partial charge in [0.15, 0.2) is 0 Å². The largest absolute Gasteiger partial charge is 0.379 e. The molecule has 1 aromatic heterocycles. The number of anilines is 2. The van der Waals surface area contributed by atoms with Gasteiger partial charge in [0.05, 0.1) is 0 Å². The molecule has 0 amide bonds. The topological polar surface area (TPSA) is 37.0 Å². The van der Waals surface area contributed by atoms with Gasteiger partial charge in [0, 0.05) is 30.0 Å². The molecule has 0 radical (unpaired) electrons. The molecule has 4 aliphatic carbocycles. The lowest BCUT2D eigenvalue weighted by molar-refractivity contribution is 0.0107. The summed E-state index contributed by atoms with van der Waals surface area (Å²) in [5, 5.41) is 7.21. The molecular formula is C17H25N3. The predicted octanol–water partition coefficient (Wildman–Crippen LogP) is 3.89. The Bertz CT molecular complexity index is 461. The van der Waals surface area contributed by atoms with E-state index in [2.05, 4.69) is 34.7 Å². The van der Waals surface area contributed by atoms with Crippen molar-refractivity contribution >= 4 is 11.5 Å². The summed E-state index contributed by atoms with van der Waals surface area (Å²) in [4.78, 5) is 4.37. The third-order valence-electron chi connectivity index (χ3n) is 5.57. The molecule has 0 saturated heterocycles. The fraction of sp³-hybridized carbons (Fsp3) is 0.706. The highest BCUT2D eigenvalue weighted by Gasteiger charge is 2.50. The van der Waals surface area contributed by atoms with Gasteiger partial charge < -0.3 is 10.6 Å². The van der Waals surface area contributed by atoms with Crippen molar-refractivity contribution in [3.8, 4) is 0 Å². The van der Waals surface area contributed by atoms with Crippen LogP contribution >= 0.6 is 0 Å². The van der Waals surface area contributed by atoms with E-state index in [1.165, 1.54) is 44.2 Å². The van der Waals surface area contributed by atoms with Crippen molar-refractivity contribution in [3.63, 3.8) is 0 Å². The first-order valence-corrected chi connectivity index (χ1v) is 8.23. The summed E-state index contributed by atoms with van der Waals surface area (Å²) in [7, 11) is 0. The molecule has 4 saturated carbocycles. The second-order valence-corrected chi connectivity index (χ2v) is 7.28. The molecule has 1 heterocycles. The Balaban J connectivity index is 1.55. The molecule has 1 aromatic rings. The summed E-state index contributed by atoms with van der Waals surface area (Å²) in [5.41, 5.74) is 1.64. The number of nitrogens with zero attached hydrogens (tertiary/aromatic N) is 1. The highest BCUT2D eigenvalue weighted by Crippen LogP contribution is 2.56. The van der Waals surface area contributed by atoms with Gasteiger partial charge in [0.1, 0.15) is 5.82 Å². The minimum atomic E-state index is 0.388. The van der Waals surface area contributed by atoms with Crippen LogP contribution in [0.25, 0.3) is 0 Å². The van der Waals surface area contributed by atoms with Gasteiger partial charge in [-0.15, -0.1) is 0 Å². The zero-order valence-electron chi connectivity index (χ0n) is 12.4. The van der Waals surface area contributed by atoms with E-state index < -0.39 is 0 Å². The summed E-state index contributed by atoms with van der Waals surface area (Å²) in [6, 6.07) is 4.29. The van der Waals surface area contributed by atoms with Gasteiger partial charge in [0.2, 0.25) is 0 Å². The third kappa shape index (κ3) is 2.17. The van der Waals surface area contributed by atoms with Gasteiger partial charge in [-0.05, 0) is 69.3 Å². The number of aromatic nitrogens is 1. The van der Waals surface area contributed by atoms with Crippen LogP contribution in [0.2, 0.25) is 0 Å². The summed E-state index contributed by atoms with van der Waals surface area (Å²) >= 11 is 0. The summed E-state index contributed by atoms with van der Waals surface area (Å²) in [6.07, 6.45) is 10.6. The maximum Gasteiger partial charge on any atom is 0.127 e. The molecule has 3 nitrogen and oxygen atoms in total. The smallest absolute Gasteiger partial charge is 0.127 e. The van der Waals surface area contributed by atoms with Gasteiger partial charge in [-0.25, -0.2) is 4.98 Å². The molecule has 108 valence electrons. The first kappa shape index (κ1) is 12.5. The van der Waals surface area contributed by atoms with Crippen molar-refractivity contribution in [2.45, 2.75) is 51.0 Å². The van der Waals surface area contributed by atoms with Gasteiger partial charge in [-0.3, -0.25) is 0 Å². The van der Waals surface area contributed by atoms with Crippen LogP contribution in [-0.4, -0.2) is 17.1 Å². The van der Waals surface area contributed by atoms with E-state index in [9.17, 15) is 0 Å². The third-order valence-corrected chi connectivity index (χ3v) is 5.57. The molecule has 0 atom stereocenters. The number of pyridine rings is 1. The van der Waals surface area contributed by atoms with E-state index in [-0.39, 0.29) is 0 Å². The fourth-order valence-corrected chi connectivity index (χ4v) is 5.36. The molecule has 4 bridgehead atoms. The van der Waals surface area contributed by atoms with Crippen molar-refractivity contribution in [2.75, 3.05) is 17.2 Å². The van der Waals surface area contributed by atoms with Crippen molar-refractivity contribution < 1.29 is 0 Å². The highest BCUT2D eigenvalue weighted by molar-refractivity contribution is 5.53. The van der Waals surface area contributed by atoms with Crippen LogP contribution in [0.15, 0.2) is 18.3 Å². The maximum absolute atomic E-state index is 4.37. The van der Waals surface area contributed by atoms with E-state index >= 15 is 0 Å². The van der Waals surface area contributed by atoms with Gasteiger partial charge in [-0.1, -0.05) is 0 Å². The highest BCUT2D eigenvalue weighted by atomic mass is 15.0. The van der Waals surface area contributed by atoms with Crippen molar-refractivity contribution in [3.05, 3.63) is 18.3 Å². The standard InChI is InChI=1S/C17H25N3/c1-2-18-16-8-15(3-4-19-16)20-17-9-12-5-13(10-17)7-14(6-12)11-17/h3-4,8,12-14H,2,5-7,9-11H2,1H3,(H2,18,19,20). The average molecular weight is 271 g/mol. The van der Waals surface area contributed by atoms with Crippen molar-refractivity contribution in [2.24, 2.45) is 17.8 Å². The first-order valence-electron chi connectivity index (χ1n) is 8.23. The SMILES string of the molecule is CCNc1cc(NC23CC4CC(CC(C4)C2)C3)ccn1. The number of rotatable bonds is 4. The van der Waals surface area contributed by atoms with Crippen LogP contribution in [0.4, 0.5) is 11.5 Å². The van der Waals surface area contributed by atoms with Crippen molar-refractivity contribution in [1.29, 1.82) is 0 Å². The van der Waals surface area contributed by atoms with E-state index in [0.29, 0.717) is 5.54 Å². The minimum absolute atomic E-state index is 0.388. The van der Waals surface area contributed by atoms with E-state index in [1.807, 2.05) is 6.20 Å². The molecule has 4 fully saturated rings. The Morgan fingerprint density at radius 3 is 2.40 bits per heavy atom. The zero-order chi connectivity index (χ0) is 13.6. The maximum atomic E-state index is 4.37. The van der Waals surface area contributed by atoms with Gasteiger partial charge in [0.25, 0.3) is 0 Å². The zero-order valence-corrected chi connectivity index (χ0v) is 12.4. The molecule has 5 rings (SSSR count). The molecule has 20 heavy (non-hydrogen) atoms. The number of hydrogen-bond donors (Lipinski definition) is 2. The monoisotopic (exact) mass is 271 g/mol. The molecular weight excluding hydrogens is 246 g/mol. The lowest BCUT2D eigenvalue weighted by atomic mass is 9.53. The molecule has 3 heteroatoms. The summed E-state index contributed by atoms with van der Waals surface area (Å²) in [6.45, 7) is 3.04. The molecule has 2 N–H and O–H groups in total. The molecule has 0 aromatic carbocycles. The summed E-state index contributed by atoms with van der Waals surface area (Å²) in [5.74, 6) is 3.96. The number of hydrogen-bond acceptors (Lipinski definition) is 3. The predicted molar refractivity (Wildman–Crippen MR) is 82.9 cm³/mol. The van der Waals surface area contributed by atoms with Crippen LogP contribution < -0.4 is 10.6 Å². The van der Waals surface area contributed by atoms with Crippen LogP contribution in [0.3, 0.4) is 0 Å². The number of nitrogens with one attached hydrogen (secondary N) is 2. The van der Waals surface area contributed by atoms with Gasteiger partial charge >= 0.3 is 0 Å². The van der Waals surface area contributed by atoms with Crippen LogP contribution in [-0.2, 0) is 0 Å². The normalized spacial score (nSPS) is 38.0. The Morgan fingerprint density at radius 1 is 1.15 bits per heavy atom. The lowest BCUT2D eigenvalue weighted by Gasteiger charge is -2.57. The van der Waals surface area contributed by atoms with E-state index in [0.717, 1.165) is 30.1 Å². The average Bonchev–Trinajstić information content (AvgIpc) is 2.37. The molecule has 0 aliphatic heterocycles. The first-order chi connectivity index (χ1) is 9.75. The minimum Gasteiger partial charge on any atom is -0.379 e.